The Hall–Kier alpha value is -1.02. The number of likely N-dealkylation sites (N-methyl/N-ethyl adjacent to an activating group) is 1. The van der Waals surface area contributed by atoms with Gasteiger partial charge in [0.15, 0.2) is 5.96 Å². The number of rotatable bonds is 8. The van der Waals surface area contributed by atoms with Crippen molar-refractivity contribution in [3.05, 3.63) is 29.8 Å². The van der Waals surface area contributed by atoms with Crippen molar-refractivity contribution in [1.29, 1.82) is 0 Å². The second-order valence-corrected chi connectivity index (χ2v) is 5.47. The Morgan fingerprint density at radius 2 is 2.00 bits per heavy atom. The monoisotopic (exact) mass is 434 g/mol. The van der Waals surface area contributed by atoms with Crippen LogP contribution in [0.4, 0.5) is 0 Å². The number of ether oxygens (including phenoxy) is 1. The van der Waals surface area contributed by atoms with E-state index in [4.69, 9.17) is 4.74 Å². The van der Waals surface area contributed by atoms with Crippen LogP contribution in [0.15, 0.2) is 29.3 Å². The van der Waals surface area contributed by atoms with Crippen molar-refractivity contribution < 1.29 is 4.74 Å². The number of para-hydroxylation sites is 1. The van der Waals surface area contributed by atoms with Gasteiger partial charge in [0.05, 0.1) is 6.54 Å². The molecule has 1 aromatic rings. The number of benzene rings is 1. The van der Waals surface area contributed by atoms with Crippen molar-refractivity contribution in [2.24, 2.45) is 4.99 Å². The lowest BCUT2D eigenvalue weighted by Gasteiger charge is -2.19. The first-order valence-corrected chi connectivity index (χ1v) is 7.92. The molecule has 0 aliphatic heterocycles. The van der Waals surface area contributed by atoms with Crippen LogP contribution in [0, 0.1) is 6.92 Å². The first-order chi connectivity index (χ1) is 10.6. The largest absolute Gasteiger partial charge is 0.489 e. The SMILES string of the molecule is CCN(C)CCNC(=NC)NCC(C)Oc1ccccc1C.I. The highest BCUT2D eigenvalue weighted by Crippen LogP contribution is 2.17. The van der Waals surface area contributed by atoms with Crippen LogP contribution in [0.5, 0.6) is 5.75 Å². The van der Waals surface area contributed by atoms with Crippen molar-refractivity contribution in [1.82, 2.24) is 15.5 Å². The zero-order valence-corrected chi connectivity index (χ0v) is 17.3. The zero-order chi connectivity index (χ0) is 16.4. The number of nitrogens with zero attached hydrogens (tertiary/aromatic N) is 2. The molecule has 0 radical (unpaired) electrons. The average Bonchev–Trinajstić information content (AvgIpc) is 2.52. The highest BCUT2D eigenvalue weighted by Gasteiger charge is 2.07. The number of nitrogens with one attached hydrogen (secondary N) is 2. The quantitative estimate of drug-likeness (QED) is 0.375. The Kier molecular flexibility index (Phi) is 11.9. The predicted molar refractivity (Wildman–Crippen MR) is 109 cm³/mol. The topological polar surface area (TPSA) is 48.9 Å². The molecule has 6 heteroatoms. The number of aliphatic imine (C=N–C) groups is 1. The Morgan fingerprint density at radius 3 is 2.61 bits per heavy atom. The van der Waals surface area contributed by atoms with Gasteiger partial charge >= 0.3 is 0 Å². The van der Waals surface area contributed by atoms with Gasteiger partial charge in [-0.1, -0.05) is 25.1 Å². The molecule has 5 nitrogen and oxygen atoms in total. The minimum Gasteiger partial charge on any atom is -0.489 e. The van der Waals surface area contributed by atoms with Crippen molar-refractivity contribution in [2.75, 3.05) is 40.3 Å². The molecule has 1 unspecified atom stereocenters. The van der Waals surface area contributed by atoms with Gasteiger partial charge in [-0.15, -0.1) is 24.0 Å². The molecule has 0 fully saturated rings. The van der Waals surface area contributed by atoms with Crippen molar-refractivity contribution >= 4 is 29.9 Å². The van der Waals surface area contributed by atoms with Crippen LogP contribution < -0.4 is 15.4 Å². The third-order valence-electron chi connectivity index (χ3n) is 3.53. The normalized spacial score (nSPS) is 12.5. The van der Waals surface area contributed by atoms with Crippen LogP contribution in [-0.4, -0.2) is 57.2 Å². The summed E-state index contributed by atoms with van der Waals surface area (Å²) < 4.78 is 5.95. The first kappa shape index (κ1) is 22.0. The summed E-state index contributed by atoms with van der Waals surface area (Å²) in [5.41, 5.74) is 1.15. The summed E-state index contributed by atoms with van der Waals surface area (Å²) in [4.78, 5) is 6.48. The second-order valence-electron chi connectivity index (χ2n) is 5.47. The lowest BCUT2D eigenvalue weighted by molar-refractivity contribution is 0.222. The Morgan fingerprint density at radius 1 is 1.30 bits per heavy atom. The van der Waals surface area contributed by atoms with Crippen molar-refractivity contribution in [3.63, 3.8) is 0 Å². The Labute approximate surface area is 157 Å². The molecule has 0 heterocycles. The van der Waals surface area contributed by atoms with Gasteiger partial charge in [-0.25, -0.2) is 0 Å². The Balaban J connectivity index is 0.00000484. The summed E-state index contributed by atoms with van der Waals surface area (Å²) >= 11 is 0. The van der Waals surface area contributed by atoms with Gasteiger partial charge in [0.25, 0.3) is 0 Å². The van der Waals surface area contributed by atoms with Gasteiger partial charge in [-0.2, -0.15) is 0 Å². The van der Waals surface area contributed by atoms with Gasteiger partial charge in [0, 0.05) is 20.1 Å². The molecule has 2 N–H and O–H groups in total. The van der Waals surface area contributed by atoms with E-state index >= 15 is 0 Å². The van der Waals surface area contributed by atoms with E-state index < -0.39 is 0 Å². The van der Waals surface area contributed by atoms with E-state index in [1.54, 1.807) is 7.05 Å². The predicted octanol–water partition coefficient (Wildman–Crippen LogP) is 2.50. The van der Waals surface area contributed by atoms with Crippen LogP contribution in [0.25, 0.3) is 0 Å². The lowest BCUT2D eigenvalue weighted by Crippen LogP contribution is -2.44. The molecule has 0 saturated heterocycles. The number of guanidine groups is 1. The van der Waals surface area contributed by atoms with Crippen LogP contribution in [0.1, 0.15) is 19.4 Å². The van der Waals surface area contributed by atoms with Crippen molar-refractivity contribution in [2.45, 2.75) is 26.9 Å². The van der Waals surface area contributed by atoms with E-state index in [-0.39, 0.29) is 30.1 Å². The molecule has 1 aromatic carbocycles. The third kappa shape index (κ3) is 9.00. The summed E-state index contributed by atoms with van der Waals surface area (Å²) in [6, 6.07) is 8.07. The van der Waals surface area contributed by atoms with Crippen molar-refractivity contribution in [3.8, 4) is 5.75 Å². The van der Waals surface area contributed by atoms with Gasteiger partial charge in [-0.3, -0.25) is 4.99 Å². The molecule has 0 saturated carbocycles. The molecule has 1 rings (SSSR count). The van der Waals surface area contributed by atoms with E-state index in [0.29, 0.717) is 6.54 Å². The number of hydrogen-bond donors (Lipinski definition) is 2. The van der Waals surface area contributed by atoms with Crippen LogP contribution >= 0.6 is 24.0 Å². The highest BCUT2D eigenvalue weighted by molar-refractivity contribution is 14.0. The number of hydrogen-bond acceptors (Lipinski definition) is 3. The van der Waals surface area contributed by atoms with Gasteiger partial charge in [0.2, 0.25) is 0 Å². The molecule has 0 bridgehead atoms. The van der Waals surface area contributed by atoms with E-state index in [1.165, 1.54) is 0 Å². The lowest BCUT2D eigenvalue weighted by atomic mass is 10.2. The summed E-state index contributed by atoms with van der Waals surface area (Å²) in [5, 5.41) is 6.60. The highest BCUT2D eigenvalue weighted by atomic mass is 127. The van der Waals surface area contributed by atoms with Crippen LogP contribution in [0.3, 0.4) is 0 Å². The fraction of sp³-hybridized carbons (Fsp3) is 0.588. The van der Waals surface area contributed by atoms with E-state index in [0.717, 1.165) is 36.9 Å². The van der Waals surface area contributed by atoms with E-state index in [2.05, 4.69) is 54.4 Å². The van der Waals surface area contributed by atoms with E-state index in [9.17, 15) is 0 Å². The third-order valence-corrected chi connectivity index (χ3v) is 3.53. The summed E-state index contributed by atoms with van der Waals surface area (Å²) in [6.45, 7) is 9.88. The smallest absolute Gasteiger partial charge is 0.191 e. The minimum absolute atomic E-state index is 0. The van der Waals surface area contributed by atoms with Crippen LogP contribution in [0.2, 0.25) is 0 Å². The maximum absolute atomic E-state index is 5.95. The van der Waals surface area contributed by atoms with E-state index in [1.807, 2.05) is 18.2 Å². The molecular formula is C17H31IN4O. The molecule has 0 aromatic heterocycles. The second kappa shape index (κ2) is 12.4. The number of aryl methyl sites for hydroxylation is 1. The summed E-state index contributed by atoms with van der Waals surface area (Å²) in [5.74, 6) is 1.74. The Bertz CT molecular complexity index is 468. The molecule has 1 atom stereocenters. The van der Waals surface area contributed by atoms with Gasteiger partial charge < -0.3 is 20.3 Å². The molecule has 0 aliphatic carbocycles. The average molecular weight is 434 g/mol. The summed E-state index contributed by atoms with van der Waals surface area (Å²) in [6.07, 6.45) is 0.0676. The fourth-order valence-corrected chi connectivity index (χ4v) is 1.93. The standard InChI is InChI=1S/C17H30N4O.HI/c1-6-21(5)12-11-19-17(18-4)20-13-15(3)22-16-10-8-7-9-14(16)2;/h7-10,15H,6,11-13H2,1-5H3,(H2,18,19,20);1H. The fourth-order valence-electron chi connectivity index (χ4n) is 1.93. The molecule has 0 amide bonds. The first-order valence-electron chi connectivity index (χ1n) is 7.92. The maximum atomic E-state index is 5.95. The minimum atomic E-state index is 0. The van der Waals surface area contributed by atoms with Gasteiger partial charge in [-0.05, 0) is 39.1 Å². The maximum Gasteiger partial charge on any atom is 0.191 e. The molecule has 23 heavy (non-hydrogen) atoms. The molecule has 132 valence electrons. The van der Waals surface area contributed by atoms with Gasteiger partial charge in [0.1, 0.15) is 11.9 Å². The zero-order valence-electron chi connectivity index (χ0n) is 14.9. The molecule has 0 aliphatic rings. The molecular weight excluding hydrogens is 403 g/mol. The van der Waals surface area contributed by atoms with Crippen LogP contribution in [-0.2, 0) is 0 Å². The number of halogens is 1. The summed E-state index contributed by atoms with van der Waals surface area (Å²) in [7, 11) is 3.89. The molecule has 0 spiro atoms.